The largest absolute Gasteiger partial charge is 0.456 e. The molecule has 7 heteroatoms. The van der Waals surface area contributed by atoms with Gasteiger partial charge in [0.25, 0.3) is 0 Å². The van der Waals surface area contributed by atoms with Crippen LogP contribution in [0.25, 0.3) is 117 Å². The summed E-state index contributed by atoms with van der Waals surface area (Å²) in [5, 5.41) is 6.53. The van der Waals surface area contributed by atoms with Crippen molar-refractivity contribution < 1.29 is 8.83 Å². The van der Waals surface area contributed by atoms with Crippen LogP contribution in [0.1, 0.15) is 0 Å². The second-order valence-electron chi connectivity index (χ2n) is 14.2. The lowest BCUT2D eigenvalue weighted by Crippen LogP contribution is -2.03. The van der Waals surface area contributed by atoms with E-state index in [1.165, 1.54) is 10.8 Å². The van der Waals surface area contributed by atoms with Crippen molar-refractivity contribution in [3.8, 4) is 51.0 Å². The molecule has 7 nitrogen and oxygen atoms in total. The summed E-state index contributed by atoms with van der Waals surface area (Å²) in [5.41, 5.74) is 11.1. The Morgan fingerprint density at radius 1 is 0.386 bits per heavy atom. The van der Waals surface area contributed by atoms with Gasteiger partial charge in [-0.25, -0.2) is 15.0 Å². The number of aromatic nitrogens is 5. The normalized spacial score (nSPS) is 11.9. The van der Waals surface area contributed by atoms with Crippen molar-refractivity contribution in [1.29, 1.82) is 0 Å². The van der Waals surface area contributed by atoms with Gasteiger partial charge in [-0.2, -0.15) is 0 Å². The van der Waals surface area contributed by atoms with E-state index < -0.39 is 0 Å². The standard InChI is InChI=1S/C50H29N5O2/c1-5-16-41-34(10-1)35-11-2-6-17-42(35)55(41)43-18-7-3-13-39(43)50-53-48(52-49(54-50)32-24-25-37-40-29-51-27-26-45(40)56-46(37)28-32)31-22-20-30(21-23-31)33-14-9-15-38-36-12-4-8-19-44(36)57-47(33)38/h1-29H. The van der Waals surface area contributed by atoms with Crippen LogP contribution in [0.4, 0.5) is 0 Å². The third-order valence-electron chi connectivity index (χ3n) is 11.0. The molecule has 5 heterocycles. The van der Waals surface area contributed by atoms with Crippen molar-refractivity contribution in [1.82, 2.24) is 24.5 Å². The number of rotatable bonds is 5. The molecule has 7 aromatic carbocycles. The fourth-order valence-electron chi connectivity index (χ4n) is 8.33. The number of hydrogen-bond donors (Lipinski definition) is 0. The highest BCUT2D eigenvalue weighted by Crippen LogP contribution is 2.39. The number of benzene rings is 7. The predicted octanol–water partition coefficient (Wildman–Crippen LogP) is 12.8. The Morgan fingerprint density at radius 3 is 1.81 bits per heavy atom. The molecule has 12 aromatic rings. The van der Waals surface area contributed by atoms with Crippen molar-refractivity contribution in [2.24, 2.45) is 0 Å². The van der Waals surface area contributed by atoms with Crippen LogP contribution in [0.2, 0.25) is 0 Å². The van der Waals surface area contributed by atoms with E-state index in [4.69, 9.17) is 23.8 Å². The molecule has 57 heavy (non-hydrogen) atoms. The molecule has 0 bridgehead atoms. The van der Waals surface area contributed by atoms with E-state index >= 15 is 0 Å². The van der Waals surface area contributed by atoms with Gasteiger partial charge in [-0.3, -0.25) is 4.98 Å². The highest BCUT2D eigenvalue weighted by Gasteiger charge is 2.20. The summed E-state index contributed by atoms with van der Waals surface area (Å²) < 4.78 is 15.0. The molecule has 0 fully saturated rings. The quantitative estimate of drug-likeness (QED) is 0.175. The average molecular weight is 732 g/mol. The van der Waals surface area contributed by atoms with E-state index in [1.807, 2.05) is 48.7 Å². The smallest absolute Gasteiger partial charge is 0.166 e. The lowest BCUT2D eigenvalue weighted by Gasteiger charge is -2.14. The summed E-state index contributed by atoms with van der Waals surface area (Å²) in [6.45, 7) is 0. The minimum absolute atomic E-state index is 0.545. The Kier molecular flexibility index (Phi) is 6.79. The first-order valence-electron chi connectivity index (χ1n) is 18.9. The van der Waals surface area contributed by atoms with E-state index in [2.05, 4.69) is 131 Å². The minimum atomic E-state index is 0.545. The minimum Gasteiger partial charge on any atom is -0.456 e. The van der Waals surface area contributed by atoms with E-state index in [0.29, 0.717) is 17.5 Å². The number of para-hydroxylation sites is 5. The fourth-order valence-corrected chi connectivity index (χ4v) is 8.33. The molecular formula is C50H29N5O2. The molecule has 0 aliphatic rings. The zero-order valence-corrected chi connectivity index (χ0v) is 30.3. The maximum absolute atomic E-state index is 6.38. The maximum atomic E-state index is 6.38. The maximum Gasteiger partial charge on any atom is 0.166 e. The summed E-state index contributed by atoms with van der Waals surface area (Å²) in [4.78, 5) is 19.9. The van der Waals surface area contributed by atoms with Crippen molar-refractivity contribution in [3.63, 3.8) is 0 Å². The molecule has 266 valence electrons. The molecule has 0 unspecified atom stereocenters. The Morgan fingerprint density at radius 2 is 0.982 bits per heavy atom. The molecule has 0 spiro atoms. The number of pyridine rings is 1. The Balaban J connectivity index is 1.05. The third kappa shape index (κ3) is 4.92. The summed E-state index contributed by atoms with van der Waals surface area (Å²) in [6, 6.07) is 56.2. The molecule has 12 rings (SSSR count). The molecule has 0 saturated carbocycles. The van der Waals surface area contributed by atoms with Gasteiger partial charge in [-0.05, 0) is 54.1 Å². The van der Waals surface area contributed by atoms with E-state index in [-0.39, 0.29) is 0 Å². The topological polar surface area (TPSA) is 82.8 Å². The second-order valence-corrected chi connectivity index (χ2v) is 14.2. The Labute approximate surface area is 325 Å². The highest BCUT2D eigenvalue weighted by molar-refractivity contribution is 6.11. The monoisotopic (exact) mass is 731 g/mol. The number of fused-ring (bicyclic) bond motifs is 9. The van der Waals surface area contributed by atoms with E-state index in [0.717, 1.165) is 88.4 Å². The molecule has 0 amide bonds. The number of furan rings is 2. The average Bonchev–Trinajstić information content (AvgIpc) is 3.96. The van der Waals surface area contributed by atoms with Gasteiger partial charge >= 0.3 is 0 Å². The van der Waals surface area contributed by atoms with Gasteiger partial charge in [0.1, 0.15) is 22.3 Å². The molecule has 0 aliphatic heterocycles. The van der Waals surface area contributed by atoms with Gasteiger partial charge in [0.15, 0.2) is 17.5 Å². The van der Waals surface area contributed by atoms with E-state index in [1.54, 1.807) is 6.20 Å². The Hall–Kier alpha value is -7.90. The predicted molar refractivity (Wildman–Crippen MR) is 228 cm³/mol. The van der Waals surface area contributed by atoms with Crippen LogP contribution in [0, 0.1) is 0 Å². The summed E-state index contributed by atoms with van der Waals surface area (Å²) in [7, 11) is 0. The van der Waals surface area contributed by atoms with Crippen molar-refractivity contribution in [2.45, 2.75) is 0 Å². The molecule has 0 saturated heterocycles. The van der Waals surface area contributed by atoms with E-state index in [9.17, 15) is 0 Å². The molecule has 0 radical (unpaired) electrons. The van der Waals surface area contributed by atoms with Crippen molar-refractivity contribution >= 4 is 65.7 Å². The lowest BCUT2D eigenvalue weighted by molar-refractivity contribution is 0.668. The van der Waals surface area contributed by atoms with Gasteiger partial charge in [0.05, 0.1) is 16.7 Å². The zero-order valence-electron chi connectivity index (χ0n) is 30.3. The van der Waals surface area contributed by atoms with Gasteiger partial charge < -0.3 is 13.4 Å². The fraction of sp³-hybridized carbons (Fsp3) is 0. The van der Waals surface area contributed by atoms with Crippen LogP contribution in [-0.2, 0) is 0 Å². The molecule has 0 aliphatic carbocycles. The van der Waals surface area contributed by atoms with Gasteiger partial charge in [-0.1, -0.05) is 115 Å². The van der Waals surface area contributed by atoms with Crippen LogP contribution in [0.3, 0.4) is 0 Å². The molecular weight excluding hydrogens is 703 g/mol. The van der Waals surface area contributed by atoms with Gasteiger partial charge in [0.2, 0.25) is 0 Å². The molecule has 0 atom stereocenters. The van der Waals surface area contributed by atoms with Crippen LogP contribution < -0.4 is 0 Å². The lowest BCUT2D eigenvalue weighted by atomic mass is 10.0. The van der Waals surface area contributed by atoms with Crippen molar-refractivity contribution in [2.75, 3.05) is 0 Å². The van der Waals surface area contributed by atoms with Gasteiger partial charge in [-0.15, -0.1) is 0 Å². The van der Waals surface area contributed by atoms with Crippen LogP contribution in [0.5, 0.6) is 0 Å². The number of nitrogens with zero attached hydrogens (tertiary/aromatic N) is 5. The molecule has 5 aromatic heterocycles. The summed E-state index contributed by atoms with van der Waals surface area (Å²) in [5.74, 6) is 1.68. The van der Waals surface area contributed by atoms with Crippen LogP contribution in [-0.4, -0.2) is 24.5 Å². The van der Waals surface area contributed by atoms with Crippen LogP contribution in [0.15, 0.2) is 185 Å². The van der Waals surface area contributed by atoms with Crippen molar-refractivity contribution in [3.05, 3.63) is 176 Å². The number of hydrogen-bond acceptors (Lipinski definition) is 6. The SMILES string of the molecule is c1ccc(-n2c3ccccc3c3ccccc32)c(-c2nc(-c3ccc(-c4cccc5c4oc4ccccc45)cc3)nc(-c3ccc4c(c3)oc3ccncc34)n2)c1. The zero-order chi connectivity index (χ0) is 37.5. The molecule has 0 N–H and O–H groups in total. The van der Waals surface area contributed by atoms with Crippen LogP contribution >= 0.6 is 0 Å². The third-order valence-corrected chi connectivity index (χ3v) is 11.0. The van der Waals surface area contributed by atoms with Gasteiger partial charge in [0, 0.05) is 67.0 Å². The first-order valence-corrected chi connectivity index (χ1v) is 18.9. The first kappa shape index (κ1) is 31.5. The highest BCUT2D eigenvalue weighted by atomic mass is 16.3. The first-order chi connectivity index (χ1) is 28.2. The summed E-state index contributed by atoms with van der Waals surface area (Å²) >= 11 is 0. The second kappa shape index (κ2) is 12.3. The Bertz CT molecular complexity index is 3490. The summed E-state index contributed by atoms with van der Waals surface area (Å²) in [6.07, 6.45) is 3.58.